The molecule has 0 aliphatic rings. The minimum atomic E-state index is -0.171. The first-order chi connectivity index (χ1) is 7.53. The van der Waals surface area contributed by atoms with Crippen molar-refractivity contribution in [3.63, 3.8) is 0 Å². The molecule has 96 valence electrons. The fourth-order valence-electron chi connectivity index (χ4n) is 1.63. The molecule has 3 N–H and O–H groups in total. The van der Waals surface area contributed by atoms with E-state index in [4.69, 9.17) is 10.5 Å². The zero-order valence-electron chi connectivity index (χ0n) is 11.0. The summed E-state index contributed by atoms with van der Waals surface area (Å²) in [5, 5.41) is 2.97. The maximum absolute atomic E-state index is 11.6. The summed E-state index contributed by atoms with van der Waals surface area (Å²) in [6, 6.07) is 0.220. The van der Waals surface area contributed by atoms with E-state index in [2.05, 4.69) is 19.2 Å². The number of nitrogens with one attached hydrogen (secondary N) is 1. The summed E-state index contributed by atoms with van der Waals surface area (Å²) < 4.78 is 5.07. The van der Waals surface area contributed by atoms with Crippen LogP contribution < -0.4 is 11.1 Å². The van der Waals surface area contributed by atoms with Gasteiger partial charge in [-0.05, 0) is 19.3 Å². The summed E-state index contributed by atoms with van der Waals surface area (Å²) in [5.74, 6) is 0.663. The topological polar surface area (TPSA) is 64.4 Å². The average Bonchev–Trinajstić information content (AvgIpc) is 2.25. The highest BCUT2D eigenvalue weighted by atomic mass is 16.5. The molecule has 0 aromatic heterocycles. The number of rotatable bonds is 8. The van der Waals surface area contributed by atoms with Gasteiger partial charge in [-0.2, -0.15) is 0 Å². The van der Waals surface area contributed by atoms with Gasteiger partial charge in [0.1, 0.15) is 0 Å². The van der Waals surface area contributed by atoms with Gasteiger partial charge < -0.3 is 15.8 Å². The smallest absolute Gasteiger partial charge is 0.222 e. The molecule has 16 heavy (non-hydrogen) atoms. The maximum atomic E-state index is 11.6. The van der Waals surface area contributed by atoms with Crippen molar-refractivity contribution in [2.75, 3.05) is 13.7 Å². The predicted octanol–water partition coefficient (Wildman–Crippen LogP) is 1.29. The summed E-state index contributed by atoms with van der Waals surface area (Å²) >= 11 is 0. The number of carbonyl (C=O) groups excluding carboxylic acids is 1. The Morgan fingerprint density at radius 2 is 2.06 bits per heavy atom. The van der Waals surface area contributed by atoms with E-state index in [1.807, 2.05) is 6.92 Å². The van der Waals surface area contributed by atoms with Crippen LogP contribution in [0.4, 0.5) is 0 Å². The highest BCUT2D eigenvalue weighted by molar-refractivity contribution is 5.76. The van der Waals surface area contributed by atoms with E-state index in [-0.39, 0.29) is 18.1 Å². The third-order valence-electron chi connectivity index (χ3n) is 2.87. The minimum Gasteiger partial charge on any atom is -0.380 e. The normalized spacial score (nSPS) is 16.6. The Kier molecular flexibility index (Phi) is 8.21. The lowest BCUT2D eigenvalue weighted by atomic mass is 10.0. The molecule has 0 rings (SSSR count). The average molecular weight is 230 g/mol. The molecule has 4 heteroatoms. The van der Waals surface area contributed by atoms with Crippen LogP contribution in [0, 0.1) is 5.92 Å². The highest BCUT2D eigenvalue weighted by Crippen LogP contribution is 2.09. The molecule has 3 unspecified atom stereocenters. The third-order valence-corrected chi connectivity index (χ3v) is 2.87. The molecule has 4 nitrogen and oxygen atoms in total. The van der Waals surface area contributed by atoms with Crippen molar-refractivity contribution < 1.29 is 9.53 Å². The maximum Gasteiger partial charge on any atom is 0.222 e. The van der Waals surface area contributed by atoms with Gasteiger partial charge in [-0.15, -0.1) is 0 Å². The summed E-state index contributed by atoms with van der Waals surface area (Å²) in [6.45, 7) is 6.77. The van der Waals surface area contributed by atoms with Gasteiger partial charge in [0.2, 0.25) is 5.91 Å². The van der Waals surface area contributed by atoms with Crippen LogP contribution in [0.5, 0.6) is 0 Å². The van der Waals surface area contributed by atoms with Crippen LogP contribution in [-0.4, -0.2) is 31.7 Å². The Bertz CT molecular complexity index is 193. The zero-order chi connectivity index (χ0) is 12.6. The SMILES string of the molecule is CCC(C)CC(C)NC(=O)CC(CN)OC. The van der Waals surface area contributed by atoms with Crippen LogP contribution in [0.25, 0.3) is 0 Å². The van der Waals surface area contributed by atoms with Gasteiger partial charge in [-0.25, -0.2) is 0 Å². The lowest BCUT2D eigenvalue weighted by Gasteiger charge is -2.19. The van der Waals surface area contributed by atoms with Gasteiger partial charge in [0.15, 0.2) is 0 Å². The first kappa shape index (κ1) is 15.4. The number of hydrogen-bond donors (Lipinski definition) is 2. The Labute approximate surface area is 98.9 Å². The van der Waals surface area contributed by atoms with Crippen molar-refractivity contribution in [1.29, 1.82) is 0 Å². The van der Waals surface area contributed by atoms with Crippen molar-refractivity contribution >= 4 is 5.91 Å². The predicted molar refractivity (Wildman–Crippen MR) is 66.1 cm³/mol. The van der Waals surface area contributed by atoms with E-state index >= 15 is 0 Å². The molecule has 0 saturated heterocycles. The largest absolute Gasteiger partial charge is 0.380 e. The van der Waals surface area contributed by atoms with Crippen LogP contribution in [0.3, 0.4) is 0 Å². The Morgan fingerprint density at radius 3 is 2.50 bits per heavy atom. The molecule has 0 aliphatic carbocycles. The first-order valence-electron chi connectivity index (χ1n) is 6.05. The second-order valence-corrected chi connectivity index (χ2v) is 4.52. The van der Waals surface area contributed by atoms with Crippen molar-refractivity contribution in [3.8, 4) is 0 Å². The van der Waals surface area contributed by atoms with E-state index in [1.165, 1.54) is 0 Å². The second-order valence-electron chi connectivity index (χ2n) is 4.52. The third kappa shape index (κ3) is 6.80. The fourth-order valence-corrected chi connectivity index (χ4v) is 1.63. The number of hydrogen-bond acceptors (Lipinski definition) is 3. The van der Waals surface area contributed by atoms with Gasteiger partial charge in [0, 0.05) is 19.7 Å². The van der Waals surface area contributed by atoms with Crippen LogP contribution in [0.15, 0.2) is 0 Å². The van der Waals surface area contributed by atoms with Gasteiger partial charge in [-0.3, -0.25) is 4.79 Å². The van der Waals surface area contributed by atoms with E-state index < -0.39 is 0 Å². The molecular weight excluding hydrogens is 204 g/mol. The second kappa shape index (κ2) is 8.53. The zero-order valence-corrected chi connectivity index (χ0v) is 11.0. The molecule has 1 amide bonds. The number of ether oxygens (including phenoxy) is 1. The number of amides is 1. The molecule has 3 atom stereocenters. The van der Waals surface area contributed by atoms with Crippen molar-refractivity contribution in [2.24, 2.45) is 11.7 Å². The minimum absolute atomic E-state index is 0.0214. The first-order valence-corrected chi connectivity index (χ1v) is 6.05. The van der Waals surface area contributed by atoms with Crippen molar-refractivity contribution in [2.45, 2.75) is 52.2 Å². The Balaban J connectivity index is 3.85. The monoisotopic (exact) mass is 230 g/mol. The molecule has 0 aromatic carbocycles. The quantitative estimate of drug-likeness (QED) is 0.660. The molecule has 0 spiro atoms. The Morgan fingerprint density at radius 1 is 1.44 bits per heavy atom. The van der Waals surface area contributed by atoms with Gasteiger partial charge in [0.05, 0.1) is 12.5 Å². The van der Waals surface area contributed by atoms with Crippen molar-refractivity contribution in [3.05, 3.63) is 0 Å². The van der Waals surface area contributed by atoms with Crippen LogP contribution in [0.1, 0.15) is 40.0 Å². The van der Waals surface area contributed by atoms with E-state index in [0.717, 1.165) is 12.8 Å². The van der Waals surface area contributed by atoms with Gasteiger partial charge >= 0.3 is 0 Å². The number of nitrogens with two attached hydrogens (primary N) is 1. The van der Waals surface area contributed by atoms with Crippen LogP contribution in [-0.2, 0) is 9.53 Å². The number of methoxy groups -OCH3 is 1. The van der Waals surface area contributed by atoms with E-state index in [0.29, 0.717) is 18.9 Å². The van der Waals surface area contributed by atoms with E-state index in [9.17, 15) is 4.79 Å². The van der Waals surface area contributed by atoms with Crippen molar-refractivity contribution in [1.82, 2.24) is 5.32 Å². The fraction of sp³-hybridized carbons (Fsp3) is 0.917. The molecule has 0 bridgehead atoms. The lowest BCUT2D eigenvalue weighted by Crippen LogP contribution is -2.37. The van der Waals surface area contributed by atoms with Crippen LogP contribution >= 0.6 is 0 Å². The molecular formula is C12H26N2O2. The Hall–Kier alpha value is -0.610. The molecule has 0 aliphatic heterocycles. The standard InChI is InChI=1S/C12H26N2O2/c1-5-9(2)6-10(3)14-12(15)7-11(8-13)16-4/h9-11H,5-8,13H2,1-4H3,(H,14,15). The lowest BCUT2D eigenvalue weighted by molar-refractivity contribution is -0.124. The van der Waals surface area contributed by atoms with Gasteiger partial charge in [-0.1, -0.05) is 20.3 Å². The summed E-state index contributed by atoms with van der Waals surface area (Å²) in [6.07, 6.45) is 2.33. The van der Waals surface area contributed by atoms with E-state index in [1.54, 1.807) is 7.11 Å². The number of carbonyl (C=O) groups is 1. The molecule has 0 radical (unpaired) electrons. The highest BCUT2D eigenvalue weighted by Gasteiger charge is 2.14. The molecule has 0 heterocycles. The molecule has 0 saturated carbocycles. The summed E-state index contributed by atoms with van der Waals surface area (Å²) in [5.41, 5.74) is 5.46. The summed E-state index contributed by atoms with van der Waals surface area (Å²) in [4.78, 5) is 11.6. The van der Waals surface area contributed by atoms with Crippen LogP contribution in [0.2, 0.25) is 0 Å². The molecule has 0 aromatic rings. The summed E-state index contributed by atoms with van der Waals surface area (Å²) in [7, 11) is 1.58. The van der Waals surface area contributed by atoms with Gasteiger partial charge in [0.25, 0.3) is 0 Å². The molecule has 0 fully saturated rings.